The first-order chi connectivity index (χ1) is 7.26. The summed E-state index contributed by atoms with van der Waals surface area (Å²) in [5.74, 6) is 0. The van der Waals surface area contributed by atoms with E-state index in [9.17, 15) is 0 Å². The quantitative estimate of drug-likeness (QED) is 0.701. The number of nitrogens with one attached hydrogen (secondary N) is 1. The Morgan fingerprint density at radius 2 is 1.73 bits per heavy atom. The molecule has 0 unspecified atom stereocenters. The van der Waals surface area contributed by atoms with E-state index in [2.05, 4.69) is 24.1 Å². The Balaban J connectivity index is 2.28. The summed E-state index contributed by atoms with van der Waals surface area (Å²) in [7, 11) is 0. The molecule has 3 N–H and O–H groups in total. The Kier molecular flexibility index (Phi) is 4.98. The van der Waals surface area contributed by atoms with Crippen LogP contribution in [0.5, 0.6) is 0 Å². The fourth-order valence-corrected chi connectivity index (χ4v) is 1.50. The number of benzene rings is 1. The van der Waals surface area contributed by atoms with Crippen molar-refractivity contribution >= 4 is 11.4 Å². The molecule has 0 saturated heterocycles. The number of nitrogens with zero attached hydrogens (tertiary/aromatic N) is 1. The molecule has 0 amide bonds. The molecule has 3 nitrogen and oxygen atoms in total. The topological polar surface area (TPSA) is 41.3 Å². The lowest BCUT2D eigenvalue weighted by Gasteiger charge is -2.18. The van der Waals surface area contributed by atoms with E-state index in [1.807, 2.05) is 24.3 Å². The van der Waals surface area contributed by atoms with Gasteiger partial charge in [0.1, 0.15) is 0 Å². The molecule has 0 bridgehead atoms. The maximum atomic E-state index is 5.61. The summed E-state index contributed by atoms with van der Waals surface area (Å²) in [5, 5.41) is 3.37. The Bertz CT molecular complexity index is 265. The second kappa shape index (κ2) is 6.30. The highest BCUT2D eigenvalue weighted by molar-refractivity contribution is 5.51. The minimum atomic E-state index is 0.810. The van der Waals surface area contributed by atoms with Crippen molar-refractivity contribution in [2.24, 2.45) is 0 Å². The van der Waals surface area contributed by atoms with E-state index in [4.69, 9.17) is 5.73 Å². The average Bonchev–Trinajstić information content (AvgIpc) is 2.27. The second-order valence-corrected chi connectivity index (χ2v) is 3.58. The SMILES string of the molecule is CCN(CC)CCNc1ccc(N)cc1. The molecule has 0 aliphatic carbocycles. The Morgan fingerprint density at radius 1 is 1.13 bits per heavy atom. The average molecular weight is 207 g/mol. The molecule has 0 radical (unpaired) electrons. The lowest BCUT2D eigenvalue weighted by Crippen LogP contribution is -2.28. The van der Waals surface area contributed by atoms with Crippen LogP contribution in [0.15, 0.2) is 24.3 Å². The molecule has 1 aromatic rings. The molecule has 15 heavy (non-hydrogen) atoms. The summed E-state index contributed by atoms with van der Waals surface area (Å²) in [4.78, 5) is 2.39. The van der Waals surface area contributed by atoms with Crippen molar-refractivity contribution in [3.8, 4) is 0 Å². The van der Waals surface area contributed by atoms with Crippen molar-refractivity contribution < 1.29 is 0 Å². The molecule has 3 heteroatoms. The number of hydrogen-bond donors (Lipinski definition) is 2. The van der Waals surface area contributed by atoms with Crippen LogP contribution in [-0.2, 0) is 0 Å². The van der Waals surface area contributed by atoms with Crippen LogP contribution in [0.1, 0.15) is 13.8 Å². The normalized spacial score (nSPS) is 10.6. The number of anilines is 2. The summed E-state index contributed by atoms with van der Waals surface area (Å²) in [6, 6.07) is 7.86. The monoisotopic (exact) mass is 207 g/mol. The van der Waals surface area contributed by atoms with Gasteiger partial charge < -0.3 is 16.0 Å². The molecule has 0 aromatic heterocycles. The van der Waals surface area contributed by atoms with E-state index in [-0.39, 0.29) is 0 Å². The summed E-state index contributed by atoms with van der Waals surface area (Å²) < 4.78 is 0. The van der Waals surface area contributed by atoms with Gasteiger partial charge in [0, 0.05) is 24.5 Å². The standard InChI is InChI=1S/C12H21N3/c1-3-15(4-2)10-9-14-12-7-5-11(13)6-8-12/h5-8,14H,3-4,9-10,13H2,1-2H3. The van der Waals surface area contributed by atoms with Gasteiger partial charge in [-0.3, -0.25) is 0 Å². The molecule has 84 valence electrons. The molecule has 0 aliphatic rings. The number of likely N-dealkylation sites (N-methyl/N-ethyl adjacent to an activating group) is 1. The van der Waals surface area contributed by atoms with Gasteiger partial charge in [-0.15, -0.1) is 0 Å². The first-order valence-electron chi connectivity index (χ1n) is 5.58. The van der Waals surface area contributed by atoms with Crippen LogP contribution in [0.25, 0.3) is 0 Å². The van der Waals surface area contributed by atoms with Gasteiger partial charge in [-0.2, -0.15) is 0 Å². The van der Waals surface area contributed by atoms with Crippen LogP contribution in [0.3, 0.4) is 0 Å². The van der Waals surface area contributed by atoms with Crippen molar-refractivity contribution in [2.45, 2.75) is 13.8 Å². The number of nitrogen functional groups attached to an aromatic ring is 1. The van der Waals surface area contributed by atoms with Crippen LogP contribution >= 0.6 is 0 Å². The molecule has 0 fully saturated rings. The van der Waals surface area contributed by atoms with Gasteiger partial charge in [-0.25, -0.2) is 0 Å². The third-order valence-electron chi connectivity index (χ3n) is 2.56. The highest BCUT2D eigenvalue weighted by Gasteiger charge is 1.97. The predicted molar refractivity (Wildman–Crippen MR) is 67.1 cm³/mol. The van der Waals surface area contributed by atoms with Crippen LogP contribution in [0.2, 0.25) is 0 Å². The zero-order chi connectivity index (χ0) is 11.1. The molecule has 1 rings (SSSR count). The van der Waals surface area contributed by atoms with Gasteiger partial charge in [0.25, 0.3) is 0 Å². The third-order valence-corrected chi connectivity index (χ3v) is 2.56. The zero-order valence-electron chi connectivity index (χ0n) is 9.66. The van der Waals surface area contributed by atoms with Gasteiger partial charge in [-0.05, 0) is 37.4 Å². The molecule has 0 heterocycles. The van der Waals surface area contributed by atoms with Gasteiger partial charge >= 0.3 is 0 Å². The molecular weight excluding hydrogens is 186 g/mol. The highest BCUT2D eigenvalue weighted by Crippen LogP contribution is 2.09. The minimum absolute atomic E-state index is 0.810. The first-order valence-corrected chi connectivity index (χ1v) is 5.58. The van der Waals surface area contributed by atoms with E-state index in [1.54, 1.807) is 0 Å². The molecule has 0 aliphatic heterocycles. The first kappa shape index (κ1) is 11.9. The van der Waals surface area contributed by atoms with Gasteiger partial charge in [0.05, 0.1) is 0 Å². The van der Waals surface area contributed by atoms with Crippen molar-refractivity contribution in [2.75, 3.05) is 37.2 Å². The van der Waals surface area contributed by atoms with Crippen LogP contribution in [-0.4, -0.2) is 31.1 Å². The maximum Gasteiger partial charge on any atom is 0.0342 e. The zero-order valence-corrected chi connectivity index (χ0v) is 9.66. The van der Waals surface area contributed by atoms with Crippen molar-refractivity contribution in [3.05, 3.63) is 24.3 Å². The highest BCUT2D eigenvalue weighted by atomic mass is 15.1. The largest absolute Gasteiger partial charge is 0.399 e. The van der Waals surface area contributed by atoms with E-state index < -0.39 is 0 Å². The van der Waals surface area contributed by atoms with E-state index in [1.165, 1.54) is 0 Å². The van der Waals surface area contributed by atoms with Crippen molar-refractivity contribution in [1.29, 1.82) is 0 Å². The Morgan fingerprint density at radius 3 is 2.27 bits per heavy atom. The van der Waals surface area contributed by atoms with Crippen LogP contribution in [0.4, 0.5) is 11.4 Å². The molecule has 0 saturated carbocycles. The van der Waals surface area contributed by atoms with E-state index in [0.717, 1.165) is 37.6 Å². The smallest absolute Gasteiger partial charge is 0.0342 e. The minimum Gasteiger partial charge on any atom is -0.399 e. The van der Waals surface area contributed by atoms with Gasteiger partial charge in [-0.1, -0.05) is 13.8 Å². The fraction of sp³-hybridized carbons (Fsp3) is 0.500. The van der Waals surface area contributed by atoms with Crippen molar-refractivity contribution in [1.82, 2.24) is 4.90 Å². The summed E-state index contributed by atoms with van der Waals surface area (Å²) in [6.07, 6.45) is 0. The molecular formula is C12H21N3. The van der Waals surface area contributed by atoms with E-state index in [0.29, 0.717) is 0 Å². The molecule has 0 spiro atoms. The summed E-state index contributed by atoms with van der Waals surface area (Å²) in [6.45, 7) is 8.66. The lowest BCUT2D eigenvalue weighted by molar-refractivity contribution is 0.316. The maximum absolute atomic E-state index is 5.61. The lowest BCUT2D eigenvalue weighted by atomic mass is 10.3. The molecule has 1 aromatic carbocycles. The number of hydrogen-bond acceptors (Lipinski definition) is 3. The Labute approximate surface area is 92.3 Å². The predicted octanol–water partition coefficient (Wildman–Crippen LogP) is 2.02. The van der Waals surface area contributed by atoms with Crippen LogP contribution < -0.4 is 11.1 Å². The number of rotatable bonds is 6. The Hall–Kier alpha value is -1.22. The van der Waals surface area contributed by atoms with Gasteiger partial charge in [0.2, 0.25) is 0 Å². The molecule has 0 atom stereocenters. The van der Waals surface area contributed by atoms with Crippen LogP contribution in [0, 0.1) is 0 Å². The summed E-state index contributed by atoms with van der Waals surface area (Å²) >= 11 is 0. The second-order valence-electron chi connectivity index (χ2n) is 3.58. The fourth-order valence-electron chi connectivity index (χ4n) is 1.50. The summed E-state index contributed by atoms with van der Waals surface area (Å²) in [5.41, 5.74) is 7.56. The third kappa shape index (κ3) is 4.21. The van der Waals surface area contributed by atoms with Gasteiger partial charge in [0.15, 0.2) is 0 Å². The van der Waals surface area contributed by atoms with Crippen molar-refractivity contribution in [3.63, 3.8) is 0 Å². The van der Waals surface area contributed by atoms with E-state index >= 15 is 0 Å². The number of nitrogens with two attached hydrogens (primary N) is 1.